The van der Waals surface area contributed by atoms with Gasteiger partial charge in [0.1, 0.15) is 0 Å². The van der Waals surface area contributed by atoms with E-state index in [-0.39, 0.29) is 23.3 Å². The number of amides is 2. The van der Waals surface area contributed by atoms with E-state index >= 15 is 0 Å². The minimum Gasteiger partial charge on any atom is -0.465 e. The highest BCUT2D eigenvalue weighted by molar-refractivity contribution is 8.00. The smallest absolute Gasteiger partial charge is 0.337 e. The molecule has 0 bridgehead atoms. The van der Waals surface area contributed by atoms with Crippen LogP contribution >= 0.6 is 11.8 Å². The van der Waals surface area contributed by atoms with Gasteiger partial charge >= 0.3 is 5.97 Å². The SMILES string of the molecule is COC(=O)c1ccc(NC(=O)CSCC(=O)Nc2ccc(C)cc2C)cc1. The number of esters is 1. The average Bonchev–Trinajstić information content (AvgIpc) is 2.64. The Bertz CT molecular complexity index is 834. The summed E-state index contributed by atoms with van der Waals surface area (Å²) in [6, 6.07) is 12.2. The van der Waals surface area contributed by atoms with Crippen molar-refractivity contribution in [2.24, 2.45) is 0 Å². The van der Waals surface area contributed by atoms with E-state index in [1.165, 1.54) is 18.9 Å². The zero-order valence-electron chi connectivity index (χ0n) is 15.5. The Morgan fingerprint density at radius 2 is 1.56 bits per heavy atom. The summed E-state index contributed by atoms with van der Waals surface area (Å²) in [4.78, 5) is 35.3. The number of rotatable bonds is 7. The molecule has 0 aliphatic heterocycles. The molecule has 0 aromatic heterocycles. The van der Waals surface area contributed by atoms with Crippen LogP contribution in [0.4, 0.5) is 11.4 Å². The molecule has 0 unspecified atom stereocenters. The first-order valence-electron chi connectivity index (χ1n) is 8.32. The van der Waals surface area contributed by atoms with Crippen molar-refractivity contribution in [3.8, 4) is 0 Å². The molecule has 2 aromatic carbocycles. The molecule has 0 atom stereocenters. The second-order valence-corrected chi connectivity index (χ2v) is 6.96. The Labute approximate surface area is 162 Å². The highest BCUT2D eigenvalue weighted by Gasteiger charge is 2.09. The maximum atomic E-state index is 12.0. The van der Waals surface area contributed by atoms with E-state index in [1.807, 2.05) is 32.0 Å². The van der Waals surface area contributed by atoms with Gasteiger partial charge in [-0.05, 0) is 49.7 Å². The number of benzene rings is 2. The lowest BCUT2D eigenvalue weighted by atomic mass is 10.1. The van der Waals surface area contributed by atoms with E-state index in [0.29, 0.717) is 11.3 Å². The average molecular weight is 386 g/mol. The van der Waals surface area contributed by atoms with E-state index in [4.69, 9.17) is 0 Å². The van der Waals surface area contributed by atoms with E-state index < -0.39 is 5.97 Å². The number of carbonyl (C=O) groups excluding carboxylic acids is 3. The van der Waals surface area contributed by atoms with Crippen LogP contribution in [0, 0.1) is 13.8 Å². The number of aryl methyl sites for hydroxylation is 2. The lowest BCUT2D eigenvalue weighted by Crippen LogP contribution is -2.18. The first-order chi connectivity index (χ1) is 12.9. The van der Waals surface area contributed by atoms with Gasteiger partial charge in [0.15, 0.2) is 0 Å². The predicted molar refractivity (Wildman–Crippen MR) is 108 cm³/mol. The number of methoxy groups -OCH3 is 1. The molecule has 27 heavy (non-hydrogen) atoms. The van der Waals surface area contributed by atoms with E-state index in [1.54, 1.807) is 24.3 Å². The van der Waals surface area contributed by atoms with Gasteiger partial charge in [-0.1, -0.05) is 17.7 Å². The van der Waals surface area contributed by atoms with Crippen molar-refractivity contribution < 1.29 is 19.1 Å². The first-order valence-corrected chi connectivity index (χ1v) is 9.47. The van der Waals surface area contributed by atoms with Crippen LogP contribution in [-0.2, 0) is 14.3 Å². The maximum Gasteiger partial charge on any atom is 0.337 e. The number of carbonyl (C=O) groups is 3. The summed E-state index contributed by atoms with van der Waals surface area (Å²) in [5.74, 6) is -0.466. The molecule has 0 spiro atoms. The van der Waals surface area contributed by atoms with Crippen molar-refractivity contribution in [2.75, 3.05) is 29.2 Å². The molecule has 0 radical (unpaired) electrons. The summed E-state index contributed by atoms with van der Waals surface area (Å²) in [6.07, 6.45) is 0. The highest BCUT2D eigenvalue weighted by Crippen LogP contribution is 2.16. The van der Waals surface area contributed by atoms with Gasteiger partial charge < -0.3 is 15.4 Å². The minimum atomic E-state index is -0.432. The standard InChI is InChI=1S/C20H22N2O4S/c1-13-4-9-17(14(2)10-13)22-19(24)12-27-11-18(23)21-16-7-5-15(6-8-16)20(25)26-3/h4-10H,11-12H2,1-3H3,(H,21,23)(H,22,24). The molecule has 0 saturated heterocycles. The first kappa shape index (κ1) is 20.5. The van der Waals surface area contributed by atoms with Gasteiger partial charge in [-0.3, -0.25) is 9.59 Å². The van der Waals surface area contributed by atoms with Gasteiger partial charge in [-0.25, -0.2) is 4.79 Å². The lowest BCUT2D eigenvalue weighted by Gasteiger charge is -2.09. The van der Waals surface area contributed by atoms with Crippen LogP contribution in [0.3, 0.4) is 0 Å². The van der Waals surface area contributed by atoms with Crippen molar-refractivity contribution in [2.45, 2.75) is 13.8 Å². The topological polar surface area (TPSA) is 84.5 Å². The Morgan fingerprint density at radius 1 is 0.926 bits per heavy atom. The number of nitrogens with one attached hydrogen (secondary N) is 2. The van der Waals surface area contributed by atoms with Crippen LogP contribution in [0.1, 0.15) is 21.5 Å². The summed E-state index contributed by atoms with van der Waals surface area (Å²) in [5.41, 5.74) is 3.90. The van der Waals surface area contributed by atoms with Crippen LogP contribution < -0.4 is 10.6 Å². The minimum absolute atomic E-state index is 0.151. The Balaban J connectivity index is 1.75. The monoisotopic (exact) mass is 386 g/mol. The summed E-state index contributed by atoms with van der Waals surface area (Å²) < 4.78 is 4.62. The van der Waals surface area contributed by atoms with Crippen molar-refractivity contribution in [3.63, 3.8) is 0 Å². The fourth-order valence-electron chi connectivity index (χ4n) is 2.38. The molecule has 0 heterocycles. The third-order valence-electron chi connectivity index (χ3n) is 3.71. The van der Waals surface area contributed by atoms with Crippen LogP contribution in [0.5, 0.6) is 0 Å². The largest absolute Gasteiger partial charge is 0.465 e. The number of hydrogen-bond acceptors (Lipinski definition) is 5. The Kier molecular flexibility index (Phi) is 7.43. The second kappa shape index (κ2) is 9.78. The number of ether oxygens (including phenoxy) is 1. The van der Waals surface area contributed by atoms with Gasteiger partial charge in [0.2, 0.25) is 11.8 Å². The third kappa shape index (κ3) is 6.45. The van der Waals surface area contributed by atoms with E-state index in [2.05, 4.69) is 15.4 Å². The zero-order chi connectivity index (χ0) is 19.8. The van der Waals surface area contributed by atoms with Gasteiger partial charge in [0.25, 0.3) is 0 Å². The molecule has 2 amide bonds. The molecule has 0 aliphatic carbocycles. The van der Waals surface area contributed by atoms with Crippen molar-refractivity contribution in [1.29, 1.82) is 0 Å². The molecule has 7 heteroatoms. The van der Waals surface area contributed by atoms with Crippen LogP contribution in [0.15, 0.2) is 42.5 Å². The molecule has 0 saturated carbocycles. The van der Waals surface area contributed by atoms with Crippen LogP contribution in [-0.4, -0.2) is 36.4 Å². The molecule has 142 valence electrons. The number of hydrogen-bond donors (Lipinski definition) is 2. The van der Waals surface area contributed by atoms with E-state index in [9.17, 15) is 14.4 Å². The zero-order valence-corrected chi connectivity index (χ0v) is 16.3. The summed E-state index contributed by atoms with van der Waals surface area (Å²) in [7, 11) is 1.31. The molecule has 2 aromatic rings. The molecule has 0 aliphatic rings. The third-order valence-corrected chi connectivity index (χ3v) is 4.64. The van der Waals surface area contributed by atoms with Gasteiger partial charge in [0, 0.05) is 11.4 Å². The van der Waals surface area contributed by atoms with Gasteiger partial charge in [-0.15, -0.1) is 11.8 Å². The molecular weight excluding hydrogens is 364 g/mol. The van der Waals surface area contributed by atoms with Crippen molar-refractivity contribution in [1.82, 2.24) is 0 Å². The Morgan fingerprint density at radius 3 is 2.15 bits per heavy atom. The normalized spacial score (nSPS) is 10.2. The van der Waals surface area contributed by atoms with Crippen LogP contribution in [0.2, 0.25) is 0 Å². The highest BCUT2D eigenvalue weighted by atomic mass is 32.2. The predicted octanol–water partition coefficient (Wildman–Crippen LogP) is 3.40. The number of thioether (sulfide) groups is 1. The van der Waals surface area contributed by atoms with Crippen molar-refractivity contribution >= 4 is 40.9 Å². The molecular formula is C20H22N2O4S. The fraction of sp³-hybridized carbons (Fsp3) is 0.250. The molecule has 6 nitrogen and oxygen atoms in total. The summed E-state index contributed by atoms with van der Waals surface area (Å²) >= 11 is 1.23. The second-order valence-electron chi connectivity index (χ2n) is 5.98. The fourth-order valence-corrected chi connectivity index (χ4v) is 3.00. The van der Waals surface area contributed by atoms with Gasteiger partial charge in [0.05, 0.1) is 24.2 Å². The lowest BCUT2D eigenvalue weighted by molar-refractivity contribution is -0.114. The molecule has 2 rings (SSSR count). The molecule has 0 fully saturated rings. The molecule has 2 N–H and O–H groups in total. The Hall–Kier alpha value is -2.80. The summed E-state index contributed by atoms with van der Waals surface area (Å²) in [6.45, 7) is 3.94. The van der Waals surface area contributed by atoms with E-state index in [0.717, 1.165) is 16.8 Å². The van der Waals surface area contributed by atoms with Crippen molar-refractivity contribution in [3.05, 3.63) is 59.2 Å². The number of anilines is 2. The van der Waals surface area contributed by atoms with Crippen LogP contribution in [0.25, 0.3) is 0 Å². The quantitative estimate of drug-likeness (QED) is 0.713. The summed E-state index contributed by atoms with van der Waals surface area (Å²) in [5, 5.41) is 5.57. The van der Waals surface area contributed by atoms with Gasteiger partial charge in [-0.2, -0.15) is 0 Å². The maximum absolute atomic E-state index is 12.0.